The molecule has 3 aromatic carbocycles. The molecule has 1 heterocycles. The van der Waals surface area contributed by atoms with Gasteiger partial charge in [0.25, 0.3) is 5.91 Å². The lowest BCUT2D eigenvalue weighted by atomic mass is 10.1. The van der Waals surface area contributed by atoms with Crippen molar-refractivity contribution in [2.24, 2.45) is 0 Å². The Labute approximate surface area is 166 Å². The first-order chi connectivity index (χ1) is 13.6. The van der Waals surface area contributed by atoms with Gasteiger partial charge < -0.3 is 14.8 Å². The van der Waals surface area contributed by atoms with Gasteiger partial charge in [-0.1, -0.05) is 48.0 Å². The van der Waals surface area contributed by atoms with Gasteiger partial charge in [-0.05, 0) is 41.5 Å². The van der Waals surface area contributed by atoms with E-state index in [4.69, 9.17) is 21.1 Å². The molecule has 0 atom stereocenters. The van der Waals surface area contributed by atoms with Crippen molar-refractivity contribution in [1.82, 2.24) is 0 Å². The summed E-state index contributed by atoms with van der Waals surface area (Å²) in [5.74, 6) is 0.491. The van der Waals surface area contributed by atoms with Crippen LogP contribution in [0, 0.1) is 0 Å². The summed E-state index contributed by atoms with van der Waals surface area (Å²) in [7, 11) is 0. The molecule has 28 heavy (non-hydrogen) atoms. The van der Waals surface area contributed by atoms with Crippen molar-refractivity contribution in [3.05, 3.63) is 77.3 Å². The van der Waals surface area contributed by atoms with Crippen LogP contribution in [0.3, 0.4) is 0 Å². The van der Waals surface area contributed by atoms with Crippen molar-refractivity contribution in [1.29, 1.82) is 0 Å². The van der Waals surface area contributed by atoms with Crippen LogP contribution in [-0.4, -0.2) is 24.9 Å². The monoisotopic (exact) mass is 393 g/mol. The average Bonchev–Trinajstić information content (AvgIpc) is 2.72. The quantitative estimate of drug-likeness (QED) is 0.643. The number of rotatable bonds is 5. The van der Waals surface area contributed by atoms with Gasteiger partial charge in [0.05, 0.1) is 10.7 Å². The summed E-state index contributed by atoms with van der Waals surface area (Å²) in [6.45, 7) is -0.196. The van der Waals surface area contributed by atoms with Gasteiger partial charge in [0.15, 0.2) is 19.0 Å². The van der Waals surface area contributed by atoms with Gasteiger partial charge in [0.1, 0.15) is 11.5 Å². The number of benzene rings is 3. The fourth-order valence-corrected chi connectivity index (χ4v) is 3.15. The zero-order valence-electron chi connectivity index (χ0n) is 14.8. The minimum Gasteiger partial charge on any atom is -0.484 e. The highest BCUT2D eigenvalue weighted by molar-refractivity contribution is 6.32. The number of fused-ring (bicyclic) bond motifs is 1. The van der Waals surface area contributed by atoms with Gasteiger partial charge in [-0.15, -0.1) is 0 Å². The number of hydrogen-bond acceptors (Lipinski definition) is 4. The Morgan fingerprint density at radius 2 is 1.86 bits per heavy atom. The van der Waals surface area contributed by atoms with Gasteiger partial charge in [-0.25, -0.2) is 0 Å². The molecule has 0 unspecified atom stereocenters. The summed E-state index contributed by atoms with van der Waals surface area (Å²) in [5, 5.41) is 3.11. The maximum absolute atomic E-state index is 12.5. The highest BCUT2D eigenvalue weighted by Gasteiger charge is 2.18. The molecule has 0 fully saturated rings. The fourth-order valence-electron chi connectivity index (χ4n) is 2.91. The molecule has 0 aromatic heterocycles. The van der Waals surface area contributed by atoms with Crippen molar-refractivity contribution in [2.75, 3.05) is 18.5 Å². The lowest BCUT2D eigenvalue weighted by Crippen LogP contribution is -2.25. The van der Waals surface area contributed by atoms with Crippen LogP contribution in [-0.2, 0) is 4.79 Å². The number of nitrogens with one attached hydrogen (secondary N) is 1. The molecular weight excluding hydrogens is 378 g/mol. The molecule has 140 valence electrons. The average molecular weight is 394 g/mol. The minimum atomic E-state index is -0.251. The standard InChI is InChI=1S/C22H16ClNO4/c23-17-10-15(14-4-2-1-3-5-14)6-8-20(17)27-12-19(25)16-7-9-21-18(11-16)24-22(26)13-28-21/h1-11H,12-13H2,(H,24,26). The molecule has 0 spiro atoms. The molecular formula is C22H16ClNO4. The third-order valence-electron chi connectivity index (χ3n) is 4.33. The van der Waals surface area contributed by atoms with Crippen LogP contribution >= 0.6 is 11.6 Å². The number of hydrogen-bond donors (Lipinski definition) is 1. The van der Waals surface area contributed by atoms with E-state index in [2.05, 4.69) is 5.32 Å². The second kappa shape index (κ2) is 7.74. The van der Waals surface area contributed by atoms with Crippen molar-refractivity contribution in [3.8, 4) is 22.6 Å². The lowest BCUT2D eigenvalue weighted by molar-refractivity contribution is -0.118. The minimum absolute atomic E-state index is 0.0269. The highest BCUT2D eigenvalue weighted by atomic mass is 35.5. The van der Waals surface area contributed by atoms with E-state index in [1.165, 1.54) is 0 Å². The number of anilines is 1. The molecule has 0 saturated carbocycles. The second-order valence-corrected chi connectivity index (χ2v) is 6.68. The van der Waals surface area contributed by atoms with E-state index in [1.807, 2.05) is 42.5 Å². The number of amides is 1. The van der Waals surface area contributed by atoms with Crippen molar-refractivity contribution in [2.45, 2.75) is 0 Å². The molecule has 5 nitrogen and oxygen atoms in total. The Morgan fingerprint density at radius 1 is 1.04 bits per heavy atom. The number of ether oxygens (including phenoxy) is 2. The SMILES string of the molecule is O=C1COc2ccc(C(=O)COc3ccc(-c4ccccc4)cc3Cl)cc2N1. The van der Waals surface area contributed by atoms with E-state index < -0.39 is 0 Å². The third kappa shape index (κ3) is 3.85. The largest absolute Gasteiger partial charge is 0.484 e. The molecule has 1 amide bonds. The van der Waals surface area contributed by atoms with E-state index in [9.17, 15) is 9.59 Å². The van der Waals surface area contributed by atoms with Gasteiger partial charge in [-0.3, -0.25) is 9.59 Å². The van der Waals surface area contributed by atoms with Gasteiger partial charge >= 0.3 is 0 Å². The number of halogens is 1. The van der Waals surface area contributed by atoms with Gasteiger partial charge in [-0.2, -0.15) is 0 Å². The Hall–Kier alpha value is -3.31. The van der Waals surface area contributed by atoms with Crippen LogP contribution in [0.2, 0.25) is 5.02 Å². The summed E-state index contributed by atoms with van der Waals surface area (Å²) in [6.07, 6.45) is 0. The van der Waals surface area contributed by atoms with E-state index in [0.717, 1.165) is 11.1 Å². The zero-order valence-corrected chi connectivity index (χ0v) is 15.5. The summed E-state index contributed by atoms with van der Waals surface area (Å²) in [4.78, 5) is 23.9. The smallest absolute Gasteiger partial charge is 0.262 e. The van der Waals surface area contributed by atoms with Crippen LogP contribution < -0.4 is 14.8 Å². The molecule has 0 aliphatic carbocycles. The Kier molecular flexibility index (Phi) is 5.00. The molecule has 1 aliphatic heterocycles. The van der Waals surface area contributed by atoms with Crippen molar-refractivity contribution in [3.63, 3.8) is 0 Å². The topological polar surface area (TPSA) is 64.6 Å². The predicted octanol–water partition coefficient (Wildman–Crippen LogP) is 4.60. The zero-order chi connectivity index (χ0) is 19.5. The van der Waals surface area contributed by atoms with Crippen LogP contribution in [0.15, 0.2) is 66.7 Å². The first kappa shape index (κ1) is 18.1. The second-order valence-electron chi connectivity index (χ2n) is 6.27. The summed E-state index contributed by atoms with van der Waals surface area (Å²) in [5.41, 5.74) is 2.91. The molecule has 0 bridgehead atoms. The summed E-state index contributed by atoms with van der Waals surface area (Å²) < 4.78 is 10.9. The number of carbonyl (C=O) groups excluding carboxylic acids is 2. The van der Waals surface area contributed by atoms with Crippen LogP contribution in [0.5, 0.6) is 11.5 Å². The van der Waals surface area contributed by atoms with Crippen LogP contribution in [0.4, 0.5) is 5.69 Å². The highest BCUT2D eigenvalue weighted by Crippen LogP contribution is 2.31. The molecule has 1 aliphatic rings. The number of carbonyl (C=O) groups is 2. The molecule has 3 aromatic rings. The first-order valence-electron chi connectivity index (χ1n) is 8.68. The van der Waals surface area contributed by atoms with E-state index in [-0.39, 0.29) is 24.9 Å². The molecule has 1 N–H and O–H groups in total. The van der Waals surface area contributed by atoms with Gasteiger partial charge in [0, 0.05) is 5.56 Å². The van der Waals surface area contributed by atoms with Crippen molar-refractivity contribution < 1.29 is 19.1 Å². The first-order valence-corrected chi connectivity index (χ1v) is 9.05. The van der Waals surface area contributed by atoms with Crippen LogP contribution in [0.1, 0.15) is 10.4 Å². The van der Waals surface area contributed by atoms with Gasteiger partial charge in [0.2, 0.25) is 0 Å². The van der Waals surface area contributed by atoms with E-state index >= 15 is 0 Å². The summed E-state index contributed by atoms with van der Waals surface area (Å²) in [6, 6.07) is 20.2. The maximum Gasteiger partial charge on any atom is 0.262 e. The lowest BCUT2D eigenvalue weighted by Gasteiger charge is -2.18. The Morgan fingerprint density at radius 3 is 2.64 bits per heavy atom. The Bertz CT molecular complexity index is 1050. The normalized spacial score (nSPS) is 12.5. The maximum atomic E-state index is 12.5. The molecule has 0 saturated heterocycles. The fraction of sp³-hybridized carbons (Fsp3) is 0.0909. The third-order valence-corrected chi connectivity index (χ3v) is 4.63. The van der Waals surface area contributed by atoms with E-state index in [0.29, 0.717) is 27.8 Å². The van der Waals surface area contributed by atoms with Crippen molar-refractivity contribution >= 4 is 29.0 Å². The molecule has 6 heteroatoms. The van der Waals surface area contributed by atoms with E-state index in [1.54, 1.807) is 24.3 Å². The number of ketones is 1. The predicted molar refractivity (Wildman–Crippen MR) is 107 cm³/mol. The molecule has 0 radical (unpaired) electrons. The van der Waals surface area contributed by atoms with Crippen LogP contribution in [0.25, 0.3) is 11.1 Å². The summed E-state index contributed by atoms with van der Waals surface area (Å²) >= 11 is 6.32. The number of Topliss-reactive ketones (excluding diaryl/α,β-unsaturated/α-hetero) is 1. The molecule has 4 rings (SSSR count). The Balaban J connectivity index is 1.45.